The van der Waals surface area contributed by atoms with Crippen molar-refractivity contribution in [3.63, 3.8) is 0 Å². The Morgan fingerprint density at radius 2 is 1.86 bits per heavy atom. The summed E-state index contributed by atoms with van der Waals surface area (Å²) in [6.45, 7) is -1.62. The average Bonchev–Trinajstić information content (AvgIpc) is 3.05. The molecule has 1 N–H and O–H groups in total. The van der Waals surface area contributed by atoms with Crippen molar-refractivity contribution in [1.29, 1.82) is 0 Å². The van der Waals surface area contributed by atoms with Crippen LogP contribution < -0.4 is 4.72 Å². The number of imidazole rings is 1. The van der Waals surface area contributed by atoms with Crippen LogP contribution in [-0.2, 0) is 26.2 Å². The molecule has 0 aliphatic carbocycles. The number of alkyl halides is 2. The summed E-state index contributed by atoms with van der Waals surface area (Å²) in [5, 5.41) is 0. The van der Waals surface area contributed by atoms with E-state index >= 15 is 0 Å². The monoisotopic (exact) mass is 423 g/mol. The lowest BCUT2D eigenvalue weighted by Gasteiger charge is -2.09. The molecule has 0 radical (unpaired) electrons. The first-order chi connectivity index (χ1) is 13.8. The number of nitrogens with one attached hydrogen (secondary N) is 1. The minimum absolute atomic E-state index is 0.0853. The molecule has 0 spiro atoms. The molecule has 0 saturated carbocycles. The molecule has 29 heavy (non-hydrogen) atoms. The molecular weight excluding hydrogens is 404 g/mol. The van der Waals surface area contributed by atoms with Crippen LogP contribution in [0.25, 0.3) is 11.0 Å². The van der Waals surface area contributed by atoms with E-state index in [-0.39, 0.29) is 29.2 Å². The molecule has 0 saturated heterocycles. The molecule has 7 nitrogen and oxygen atoms in total. The van der Waals surface area contributed by atoms with E-state index in [4.69, 9.17) is 4.74 Å². The Hall–Kier alpha value is -2.85. The molecule has 3 aromatic rings. The van der Waals surface area contributed by atoms with E-state index in [2.05, 4.69) is 9.71 Å². The molecule has 0 atom stereocenters. The number of esters is 1. The number of benzene rings is 2. The van der Waals surface area contributed by atoms with Gasteiger partial charge >= 0.3 is 12.5 Å². The average molecular weight is 423 g/mol. The topological polar surface area (TPSA) is 90.3 Å². The first-order valence-electron chi connectivity index (χ1n) is 8.74. The van der Waals surface area contributed by atoms with Crippen LogP contribution in [-0.4, -0.2) is 30.5 Å². The number of hydrogen-bond acceptors (Lipinski definition) is 5. The Morgan fingerprint density at radius 3 is 2.55 bits per heavy atom. The molecule has 0 aliphatic rings. The highest BCUT2D eigenvalue weighted by molar-refractivity contribution is 7.89. The summed E-state index contributed by atoms with van der Waals surface area (Å²) in [7, 11) is -3.75. The van der Waals surface area contributed by atoms with Crippen LogP contribution in [0, 0.1) is 6.92 Å². The number of nitrogens with zero attached hydrogens (tertiary/aromatic N) is 2. The van der Waals surface area contributed by atoms with Gasteiger partial charge in [0.1, 0.15) is 6.61 Å². The summed E-state index contributed by atoms with van der Waals surface area (Å²) in [5.74, 6) is -0.820. The van der Waals surface area contributed by atoms with E-state index in [9.17, 15) is 22.0 Å². The summed E-state index contributed by atoms with van der Waals surface area (Å²) in [6.07, 6.45) is -0.250. The third-order valence-electron chi connectivity index (χ3n) is 4.18. The van der Waals surface area contributed by atoms with Gasteiger partial charge in [-0.05, 0) is 31.2 Å². The molecule has 1 heterocycles. The number of halogens is 2. The van der Waals surface area contributed by atoms with Crippen molar-refractivity contribution in [3.05, 3.63) is 59.9 Å². The van der Waals surface area contributed by atoms with Gasteiger partial charge in [-0.15, -0.1) is 0 Å². The van der Waals surface area contributed by atoms with E-state index in [0.29, 0.717) is 10.1 Å². The number of carbonyl (C=O) groups is 1. The van der Waals surface area contributed by atoms with Gasteiger partial charge < -0.3 is 4.74 Å². The maximum absolute atomic E-state index is 13.3. The number of sulfonamides is 1. The Balaban J connectivity index is 1.56. The number of hydrogen-bond donors (Lipinski definition) is 1. The largest absolute Gasteiger partial charge is 0.457 e. The number of aryl methyl sites for hydroxylation is 1. The molecule has 0 aliphatic heterocycles. The first-order valence-corrected chi connectivity index (χ1v) is 10.2. The number of carbonyl (C=O) groups excluding carboxylic acids is 1. The quantitative estimate of drug-likeness (QED) is 0.562. The van der Waals surface area contributed by atoms with Crippen LogP contribution >= 0.6 is 0 Å². The molecule has 0 unspecified atom stereocenters. The summed E-state index contributed by atoms with van der Waals surface area (Å²) in [6, 6.07) is 12.6. The third-order valence-corrected chi connectivity index (χ3v) is 5.66. The zero-order valence-corrected chi connectivity index (χ0v) is 16.3. The minimum Gasteiger partial charge on any atom is -0.457 e. The van der Waals surface area contributed by atoms with Gasteiger partial charge in [-0.2, -0.15) is 8.78 Å². The fraction of sp³-hybridized carbons (Fsp3) is 0.263. The summed E-state index contributed by atoms with van der Waals surface area (Å²) in [5.41, 5.74) is 1.52. The molecule has 2 aromatic carbocycles. The van der Waals surface area contributed by atoms with Gasteiger partial charge in [0, 0.05) is 6.54 Å². The fourth-order valence-electron chi connectivity index (χ4n) is 2.72. The number of rotatable bonds is 8. The Bertz CT molecular complexity index is 1110. The van der Waals surface area contributed by atoms with Crippen LogP contribution in [0.4, 0.5) is 8.78 Å². The zero-order valence-electron chi connectivity index (χ0n) is 15.5. The number of fused-ring (bicyclic) bond motifs is 1. The molecule has 154 valence electrons. The summed E-state index contributed by atoms with van der Waals surface area (Å²) in [4.78, 5) is 16.0. The van der Waals surface area contributed by atoms with Crippen molar-refractivity contribution >= 4 is 27.0 Å². The van der Waals surface area contributed by atoms with E-state index in [0.717, 1.165) is 5.56 Å². The van der Waals surface area contributed by atoms with Gasteiger partial charge in [0.25, 0.3) is 0 Å². The standard InChI is InChI=1S/C19H19F2N3O4S/c1-13-6-8-14(9-7-13)29(26,27)22-11-10-18(25)28-12-17-23-15-4-2-3-5-16(15)24(17)19(20)21/h2-9,19,22H,10-12H2,1H3. The van der Waals surface area contributed by atoms with Gasteiger partial charge in [0.2, 0.25) is 10.0 Å². The molecule has 3 rings (SSSR count). The molecule has 1 aromatic heterocycles. The van der Waals surface area contributed by atoms with E-state index in [1.807, 2.05) is 6.92 Å². The van der Waals surface area contributed by atoms with Crippen LogP contribution in [0.15, 0.2) is 53.4 Å². The smallest absolute Gasteiger partial charge is 0.320 e. The fourth-order valence-corrected chi connectivity index (χ4v) is 3.75. The SMILES string of the molecule is Cc1ccc(S(=O)(=O)NCCC(=O)OCc2nc3ccccc3n2C(F)F)cc1. The number of para-hydroxylation sites is 2. The predicted octanol–water partition coefficient (Wildman–Crippen LogP) is 3.15. The highest BCUT2D eigenvalue weighted by Gasteiger charge is 2.19. The van der Waals surface area contributed by atoms with Crippen LogP contribution in [0.5, 0.6) is 0 Å². The van der Waals surface area contributed by atoms with E-state index in [1.54, 1.807) is 30.3 Å². The summed E-state index contributed by atoms with van der Waals surface area (Å²) >= 11 is 0. The van der Waals surface area contributed by atoms with Crippen molar-refractivity contribution in [2.45, 2.75) is 31.4 Å². The van der Waals surface area contributed by atoms with Gasteiger partial charge in [-0.3, -0.25) is 9.36 Å². The van der Waals surface area contributed by atoms with Crippen molar-refractivity contribution in [2.75, 3.05) is 6.54 Å². The first kappa shape index (κ1) is 20.9. The lowest BCUT2D eigenvalue weighted by atomic mass is 10.2. The van der Waals surface area contributed by atoms with E-state index in [1.165, 1.54) is 18.2 Å². The Kier molecular flexibility index (Phi) is 6.23. The maximum atomic E-state index is 13.3. The number of ether oxygens (including phenoxy) is 1. The second-order valence-electron chi connectivity index (χ2n) is 6.29. The van der Waals surface area contributed by atoms with Crippen molar-refractivity contribution < 1.29 is 26.7 Å². The molecule has 0 bridgehead atoms. The van der Waals surface area contributed by atoms with Gasteiger partial charge in [0.15, 0.2) is 5.82 Å². The highest BCUT2D eigenvalue weighted by atomic mass is 32.2. The van der Waals surface area contributed by atoms with Gasteiger partial charge in [0.05, 0.1) is 22.3 Å². The third kappa shape index (κ3) is 4.96. The van der Waals surface area contributed by atoms with Crippen LogP contribution in [0.2, 0.25) is 0 Å². The minimum atomic E-state index is -3.75. The maximum Gasteiger partial charge on any atom is 0.320 e. The second-order valence-corrected chi connectivity index (χ2v) is 8.05. The summed E-state index contributed by atoms with van der Waals surface area (Å²) < 4.78 is 59.0. The van der Waals surface area contributed by atoms with Crippen LogP contribution in [0.3, 0.4) is 0 Å². The van der Waals surface area contributed by atoms with Gasteiger partial charge in [-0.25, -0.2) is 18.1 Å². The lowest BCUT2D eigenvalue weighted by molar-refractivity contribution is -0.145. The molecular formula is C19H19F2N3O4S. The highest BCUT2D eigenvalue weighted by Crippen LogP contribution is 2.23. The zero-order chi connectivity index (χ0) is 21.0. The molecule has 10 heteroatoms. The van der Waals surface area contributed by atoms with Gasteiger partial charge in [-0.1, -0.05) is 29.8 Å². The Labute approximate surface area is 166 Å². The normalized spacial score (nSPS) is 11.9. The predicted molar refractivity (Wildman–Crippen MR) is 102 cm³/mol. The molecule has 0 amide bonds. The van der Waals surface area contributed by atoms with E-state index < -0.39 is 29.1 Å². The molecule has 0 fully saturated rings. The Morgan fingerprint density at radius 1 is 1.17 bits per heavy atom. The lowest BCUT2D eigenvalue weighted by Crippen LogP contribution is -2.26. The number of aromatic nitrogens is 2. The van der Waals surface area contributed by atoms with Crippen molar-refractivity contribution in [1.82, 2.24) is 14.3 Å². The van der Waals surface area contributed by atoms with Crippen LogP contribution in [0.1, 0.15) is 24.4 Å². The van der Waals surface area contributed by atoms with Crippen molar-refractivity contribution in [3.8, 4) is 0 Å². The van der Waals surface area contributed by atoms with Crippen molar-refractivity contribution in [2.24, 2.45) is 0 Å². The second kappa shape index (κ2) is 8.66.